The van der Waals surface area contributed by atoms with E-state index in [2.05, 4.69) is 11.9 Å². The summed E-state index contributed by atoms with van der Waals surface area (Å²) >= 11 is 0. The van der Waals surface area contributed by atoms with Gasteiger partial charge in [-0.3, -0.25) is 0 Å². The van der Waals surface area contributed by atoms with E-state index >= 15 is 0 Å². The molecule has 0 amide bonds. The molecule has 0 unspecified atom stereocenters. The Morgan fingerprint density at radius 2 is 2.14 bits per heavy atom. The van der Waals surface area contributed by atoms with Crippen molar-refractivity contribution in [1.82, 2.24) is 4.90 Å². The van der Waals surface area contributed by atoms with Crippen LogP contribution in [0.3, 0.4) is 0 Å². The highest BCUT2D eigenvalue weighted by Crippen LogP contribution is 2.25. The minimum absolute atomic E-state index is 0.112. The van der Waals surface area contributed by atoms with E-state index in [4.69, 9.17) is 15.6 Å². The fourth-order valence-electron chi connectivity index (χ4n) is 1.86. The molecule has 0 radical (unpaired) electrons. The van der Waals surface area contributed by atoms with Crippen LogP contribution in [-0.4, -0.2) is 56.0 Å². The molecule has 84 valence electrons. The predicted molar refractivity (Wildman–Crippen MR) is 56.1 cm³/mol. The lowest BCUT2D eigenvalue weighted by atomic mass is 9.81. The zero-order chi connectivity index (χ0) is 10.4. The van der Waals surface area contributed by atoms with Crippen LogP contribution < -0.4 is 5.73 Å². The van der Waals surface area contributed by atoms with Crippen LogP contribution in [0.2, 0.25) is 0 Å². The second-order valence-corrected chi connectivity index (χ2v) is 4.20. The minimum atomic E-state index is 0.112. The number of ether oxygens (including phenoxy) is 1. The summed E-state index contributed by atoms with van der Waals surface area (Å²) in [5.41, 5.74) is 5.71. The van der Waals surface area contributed by atoms with E-state index in [0.29, 0.717) is 19.3 Å². The van der Waals surface area contributed by atoms with Gasteiger partial charge in [0.05, 0.1) is 19.8 Å². The van der Waals surface area contributed by atoms with Gasteiger partial charge in [0, 0.05) is 19.1 Å². The topological polar surface area (TPSA) is 58.7 Å². The first-order valence-electron chi connectivity index (χ1n) is 5.35. The standard InChI is InChI=1S/C10H22N2O2/c1-12(2-4-14-5-3-13)8-9-6-10(11)7-9/h9-10,13H,2-8,11H2,1H3. The first-order chi connectivity index (χ1) is 6.72. The fraction of sp³-hybridized carbons (Fsp3) is 1.00. The Morgan fingerprint density at radius 1 is 1.43 bits per heavy atom. The molecular formula is C10H22N2O2. The quantitative estimate of drug-likeness (QED) is 0.555. The summed E-state index contributed by atoms with van der Waals surface area (Å²) in [5.74, 6) is 0.785. The molecule has 1 rings (SSSR count). The van der Waals surface area contributed by atoms with Crippen molar-refractivity contribution in [3.63, 3.8) is 0 Å². The molecular weight excluding hydrogens is 180 g/mol. The van der Waals surface area contributed by atoms with Crippen LogP contribution in [-0.2, 0) is 4.74 Å². The monoisotopic (exact) mass is 202 g/mol. The summed E-state index contributed by atoms with van der Waals surface area (Å²) in [6.45, 7) is 3.32. The summed E-state index contributed by atoms with van der Waals surface area (Å²) < 4.78 is 5.19. The Morgan fingerprint density at radius 3 is 2.71 bits per heavy atom. The van der Waals surface area contributed by atoms with E-state index in [1.54, 1.807) is 0 Å². The van der Waals surface area contributed by atoms with Crippen LogP contribution in [0.25, 0.3) is 0 Å². The van der Waals surface area contributed by atoms with Gasteiger partial charge in [-0.25, -0.2) is 0 Å². The van der Waals surface area contributed by atoms with E-state index in [1.165, 1.54) is 12.8 Å². The number of hydrogen-bond acceptors (Lipinski definition) is 4. The van der Waals surface area contributed by atoms with Gasteiger partial charge in [-0.05, 0) is 25.8 Å². The Labute approximate surface area is 86.0 Å². The zero-order valence-corrected chi connectivity index (χ0v) is 8.98. The van der Waals surface area contributed by atoms with Gasteiger partial charge in [-0.2, -0.15) is 0 Å². The minimum Gasteiger partial charge on any atom is -0.394 e. The number of aliphatic hydroxyl groups is 1. The number of nitrogens with two attached hydrogens (primary N) is 1. The van der Waals surface area contributed by atoms with Crippen molar-refractivity contribution >= 4 is 0 Å². The van der Waals surface area contributed by atoms with Crippen LogP contribution in [0.1, 0.15) is 12.8 Å². The average Bonchev–Trinajstić information content (AvgIpc) is 2.10. The molecule has 0 aromatic carbocycles. The van der Waals surface area contributed by atoms with Crippen molar-refractivity contribution in [2.24, 2.45) is 11.7 Å². The average molecular weight is 202 g/mol. The lowest BCUT2D eigenvalue weighted by Gasteiger charge is -2.35. The Kier molecular flexibility index (Phi) is 5.40. The third-order valence-electron chi connectivity index (χ3n) is 2.70. The highest BCUT2D eigenvalue weighted by molar-refractivity contribution is 4.83. The highest BCUT2D eigenvalue weighted by atomic mass is 16.5. The Balaban J connectivity index is 1.91. The molecule has 0 atom stereocenters. The maximum absolute atomic E-state index is 8.50. The van der Waals surface area contributed by atoms with Gasteiger partial charge in [0.15, 0.2) is 0 Å². The molecule has 0 spiro atoms. The third-order valence-corrected chi connectivity index (χ3v) is 2.70. The van der Waals surface area contributed by atoms with Crippen LogP contribution in [0, 0.1) is 5.92 Å². The van der Waals surface area contributed by atoms with E-state index in [1.807, 2.05) is 0 Å². The SMILES string of the molecule is CN(CCOCCO)CC1CC(N)C1. The van der Waals surface area contributed by atoms with Crippen molar-refractivity contribution in [1.29, 1.82) is 0 Å². The molecule has 3 N–H and O–H groups in total. The second kappa shape index (κ2) is 6.35. The van der Waals surface area contributed by atoms with Gasteiger partial charge in [-0.1, -0.05) is 0 Å². The lowest BCUT2D eigenvalue weighted by molar-refractivity contribution is 0.0711. The summed E-state index contributed by atoms with van der Waals surface area (Å²) in [6, 6.07) is 0.444. The fourth-order valence-corrected chi connectivity index (χ4v) is 1.86. The maximum Gasteiger partial charge on any atom is 0.0698 e. The molecule has 4 heteroatoms. The van der Waals surface area contributed by atoms with Crippen molar-refractivity contribution in [3.05, 3.63) is 0 Å². The van der Waals surface area contributed by atoms with Gasteiger partial charge >= 0.3 is 0 Å². The summed E-state index contributed by atoms with van der Waals surface area (Å²) in [6.07, 6.45) is 2.34. The molecule has 0 bridgehead atoms. The Hall–Kier alpha value is -0.160. The largest absolute Gasteiger partial charge is 0.394 e. The molecule has 0 heterocycles. The number of nitrogens with zero attached hydrogens (tertiary/aromatic N) is 1. The first-order valence-corrected chi connectivity index (χ1v) is 5.35. The molecule has 0 aliphatic heterocycles. The number of likely N-dealkylation sites (N-methyl/N-ethyl adjacent to an activating group) is 1. The van der Waals surface area contributed by atoms with Crippen molar-refractivity contribution in [3.8, 4) is 0 Å². The second-order valence-electron chi connectivity index (χ2n) is 4.20. The van der Waals surface area contributed by atoms with Crippen molar-refractivity contribution in [2.75, 3.05) is 40.0 Å². The zero-order valence-electron chi connectivity index (χ0n) is 8.98. The van der Waals surface area contributed by atoms with Crippen LogP contribution >= 0.6 is 0 Å². The molecule has 0 aromatic heterocycles. The predicted octanol–water partition coefficient (Wildman–Crippen LogP) is -0.336. The maximum atomic E-state index is 8.50. The van der Waals surface area contributed by atoms with Crippen molar-refractivity contribution < 1.29 is 9.84 Å². The number of rotatable bonds is 7. The van der Waals surface area contributed by atoms with E-state index in [-0.39, 0.29) is 6.61 Å². The van der Waals surface area contributed by atoms with E-state index in [0.717, 1.165) is 19.0 Å². The lowest BCUT2D eigenvalue weighted by Crippen LogP contribution is -2.42. The summed E-state index contributed by atoms with van der Waals surface area (Å²) in [5, 5.41) is 8.50. The van der Waals surface area contributed by atoms with E-state index in [9.17, 15) is 0 Å². The third kappa shape index (κ3) is 4.37. The van der Waals surface area contributed by atoms with Gasteiger partial charge in [0.2, 0.25) is 0 Å². The molecule has 0 aromatic rings. The molecule has 14 heavy (non-hydrogen) atoms. The molecule has 1 fully saturated rings. The normalized spacial score (nSPS) is 26.6. The molecule has 1 saturated carbocycles. The van der Waals surface area contributed by atoms with Gasteiger partial charge in [0.25, 0.3) is 0 Å². The van der Waals surface area contributed by atoms with Crippen LogP contribution in [0.5, 0.6) is 0 Å². The molecule has 0 saturated heterocycles. The van der Waals surface area contributed by atoms with Gasteiger partial charge in [-0.15, -0.1) is 0 Å². The highest BCUT2D eigenvalue weighted by Gasteiger charge is 2.26. The van der Waals surface area contributed by atoms with Crippen molar-refractivity contribution in [2.45, 2.75) is 18.9 Å². The van der Waals surface area contributed by atoms with E-state index < -0.39 is 0 Å². The molecule has 4 nitrogen and oxygen atoms in total. The number of aliphatic hydroxyl groups excluding tert-OH is 1. The molecule has 1 aliphatic rings. The van der Waals surface area contributed by atoms with Crippen LogP contribution in [0.4, 0.5) is 0 Å². The smallest absolute Gasteiger partial charge is 0.0698 e. The van der Waals surface area contributed by atoms with Gasteiger partial charge in [0.1, 0.15) is 0 Å². The summed E-state index contributed by atoms with van der Waals surface area (Å²) in [4.78, 5) is 2.27. The van der Waals surface area contributed by atoms with Crippen LogP contribution in [0.15, 0.2) is 0 Å². The first kappa shape index (κ1) is 11.9. The van der Waals surface area contributed by atoms with Gasteiger partial charge < -0.3 is 20.5 Å². The number of hydrogen-bond donors (Lipinski definition) is 2. The Bertz CT molecular complexity index is 149. The summed E-state index contributed by atoms with van der Waals surface area (Å²) in [7, 11) is 2.10. The molecule has 1 aliphatic carbocycles.